The Hall–Kier alpha value is -0.860. The maximum atomic E-state index is 4.81. The molecular formula is C16H29IN6. The first-order valence-electron chi connectivity index (χ1n) is 8.66. The van der Waals surface area contributed by atoms with Gasteiger partial charge in [0.2, 0.25) is 0 Å². The largest absolute Gasteiger partial charge is 0.357 e. The molecular weight excluding hydrogens is 403 g/mol. The maximum absolute atomic E-state index is 4.81. The average Bonchev–Trinajstić information content (AvgIpc) is 3.26. The third kappa shape index (κ3) is 4.16. The van der Waals surface area contributed by atoms with Crippen molar-refractivity contribution in [2.45, 2.75) is 59.0 Å². The number of aromatic nitrogens is 3. The highest BCUT2D eigenvalue weighted by Crippen LogP contribution is 2.45. The van der Waals surface area contributed by atoms with E-state index in [1.165, 1.54) is 38.6 Å². The van der Waals surface area contributed by atoms with Crippen molar-refractivity contribution in [3.8, 4) is 0 Å². The zero-order chi connectivity index (χ0) is 15.4. The number of rotatable bonds is 4. The lowest BCUT2D eigenvalue weighted by molar-refractivity contribution is 0.309. The van der Waals surface area contributed by atoms with E-state index in [9.17, 15) is 0 Å². The monoisotopic (exact) mass is 432 g/mol. The molecule has 1 aliphatic carbocycles. The molecule has 1 saturated carbocycles. The summed E-state index contributed by atoms with van der Waals surface area (Å²) in [5.41, 5.74) is 0.569. The minimum atomic E-state index is 0. The minimum absolute atomic E-state index is 0. The van der Waals surface area contributed by atoms with Gasteiger partial charge in [-0.05, 0) is 38.5 Å². The van der Waals surface area contributed by atoms with E-state index in [0.717, 1.165) is 31.4 Å². The molecule has 1 aromatic rings. The highest BCUT2D eigenvalue weighted by molar-refractivity contribution is 14.0. The van der Waals surface area contributed by atoms with Gasteiger partial charge in [0.1, 0.15) is 12.9 Å². The van der Waals surface area contributed by atoms with Gasteiger partial charge < -0.3 is 14.8 Å². The van der Waals surface area contributed by atoms with Crippen molar-refractivity contribution in [3.05, 3.63) is 12.2 Å². The first kappa shape index (κ1) is 18.5. The number of nitrogens with one attached hydrogen (secondary N) is 1. The number of guanidine groups is 1. The Bertz CT molecular complexity index is 520. The van der Waals surface area contributed by atoms with Crippen molar-refractivity contribution >= 4 is 29.9 Å². The van der Waals surface area contributed by atoms with Gasteiger partial charge in [-0.3, -0.25) is 0 Å². The summed E-state index contributed by atoms with van der Waals surface area (Å²) in [5, 5.41) is 11.6. The van der Waals surface area contributed by atoms with Crippen molar-refractivity contribution in [2.75, 3.05) is 19.6 Å². The Labute approximate surface area is 156 Å². The van der Waals surface area contributed by atoms with Gasteiger partial charge in [-0.2, -0.15) is 0 Å². The molecule has 130 valence electrons. The molecule has 6 nitrogen and oxygen atoms in total. The van der Waals surface area contributed by atoms with Crippen LogP contribution < -0.4 is 5.32 Å². The Morgan fingerprint density at radius 2 is 2.09 bits per heavy atom. The second-order valence-electron chi connectivity index (χ2n) is 6.58. The number of nitrogens with zero attached hydrogens (tertiary/aromatic N) is 5. The number of hydrogen-bond acceptors (Lipinski definition) is 3. The van der Waals surface area contributed by atoms with E-state index < -0.39 is 0 Å². The lowest BCUT2D eigenvalue weighted by Gasteiger charge is -2.25. The van der Waals surface area contributed by atoms with Crippen LogP contribution in [0.3, 0.4) is 0 Å². The molecule has 0 bridgehead atoms. The molecule has 1 N–H and O–H groups in total. The van der Waals surface area contributed by atoms with E-state index in [-0.39, 0.29) is 24.0 Å². The lowest BCUT2D eigenvalue weighted by atomic mass is 9.86. The maximum Gasteiger partial charge on any atom is 0.194 e. The number of hydrogen-bond donors (Lipinski definition) is 1. The summed E-state index contributed by atoms with van der Waals surface area (Å²) in [6.07, 6.45) is 8.70. The third-order valence-electron chi connectivity index (χ3n) is 5.14. The first-order chi connectivity index (χ1) is 10.8. The van der Waals surface area contributed by atoms with E-state index in [1.807, 2.05) is 0 Å². The van der Waals surface area contributed by atoms with Crippen LogP contribution >= 0.6 is 24.0 Å². The predicted molar refractivity (Wildman–Crippen MR) is 103 cm³/mol. The van der Waals surface area contributed by atoms with Gasteiger partial charge in [0.25, 0.3) is 0 Å². The predicted octanol–water partition coefficient (Wildman–Crippen LogP) is 2.65. The van der Waals surface area contributed by atoms with Crippen molar-refractivity contribution in [3.63, 3.8) is 0 Å². The van der Waals surface area contributed by atoms with Crippen LogP contribution in [0.5, 0.6) is 0 Å². The molecule has 2 fully saturated rings. The molecule has 0 atom stereocenters. The van der Waals surface area contributed by atoms with Crippen molar-refractivity contribution in [1.82, 2.24) is 25.0 Å². The summed E-state index contributed by atoms with van der Waals surface area (Å²) in [6, 6.07) is 0. The van der Waals surface area contributed by atoms with Gasteiger partial charge >= 0.3 is 0 Å². The Kier molecular flexibility index (Phi) is 6.67. The fourth-order valence-electron chi connectivity index (χ4n) is 3.89. The van der Waals surface area contributed by atoms with E-state index in [0.29, 0.717) is 12.0 Å². The highest BCUT2D eigenvalue weighted by atomic mass is 127. The average molecular weight is 432 g/mol. The van der Waals surface area contributed by atoms with E-state index in [2.05, 4.69) is 38.8 Å². The first-order valence-corrected chi connectivity index (χ1v) is 8.66. The van der Waals surface area contributed by atoms with Gasteiger partial charge in [-0.15, -0.1) is 34.2 Å². The van der Waals surface area contributed by atoms with Crippen molar-refractivity contribution < 1.29 is 0 Å². The minimum Gasteiger partial charge on any atom is -0.357 e. The van der Waals surface area contributed by atoms with E-state index in [1.54, 1.807) is 6.33 Å². The molecule has 23 heavy (non-hydrogen) atoms. The van der Waals surface area contributed by atoms with Gasteiger partial charge in [-0.25, -0.2) is 4.99 Å². The summed E-state index contributed by atoms with van der Waals surface area (Å²) in [6.45, 7) is 8.92. The second kappa shape index (κ2) is 8.30. The van der Waals surface area contributed by atoms with Gasteiger partial charge in [0, 0.05) is 26.2 Å². The van der Waals surface area contributed by atoms with Gasteiger partial charge in [0.05, 0.1) is 0 Å². The van der Waals surface area contributed by atoms with Crippen LogP contribution in [-0.2, 0) is 13.1 Å². The Morgan fingerprint density at radius 3 is 2.78 bits per heavy atom. The normalized spacial score (nSPS) is 20.1. The van der Waals surface area contributed by atoms with Crippen LogP contribution in [0.15, 0.2) is 11.3 Å². The van der Waals surface area contributed by atoms with Crippen LogP contribution in [0.25, 0.3) is 0 Å². The molecule has 0 amide bonds. The van der Waals surface area contributed by atoms with Crippen LogP contribution in [-0.4, -0.2) is 45.3 Å². The Morgan fingerprint density at radius 1 is 1.30 bits per heavy atom. The molecule has 3 rings (SSSR count). The summed E-state index contributed by atoms with van der Waals surface area (Å²) in [5.74, 6) is 1.98. The molecule has 7 heteroatoms. The molecule has 1 spiro atoms. The molecule has 1 saturated heterocycles. The number of aliphatic imine (C=N–C) groups is 1. The summed E-state index contributed by atoms with van der Waals surface area (Å²) in [4.78, 5) is 7.26. The number of aryl methyl sites for hydroxylation is 1. The topological polar surface area (TPSA) is 58.3 Å². The third-order valence-corrected chi connectivity index (χ3v) is 5.14. The van der Waals surface area contributed by atoms with Crippen molar-refractivity contribution in [1.29, 1.82) is 0 Å². The van der Waals surface area contributed by atoms with E-state index >= 15 is 0 Å². The summed E-state index contributed by atoms with van der Waals surface area (Å²) < 4.78 is 2.05. The molecule has 2 aliphatic rings. The molecule has 0 aromatic carbocycles. The Balaban J connectivity index is 0.00000192. The number of likely N-dealkylation sites (tertiary alicyclic amines) is 1. The summed E-state index contributed by atoms with van der Waals surface area (Å²) in [7, 11) is 0. The van der Waals surface area contributed by atoms with Gasteiger partial charge in [0.15, 0.2) is 11.8 Å². The lowest BCUT2D eigenvalue weighted by Crippen LogP contribution is -2.41. The second-order valence-corrected chi connectivity index (χ2v) is 6.58. The highest BCUT2D eigenvalue weighted by Gasteiger charge is 2.41. The molecule has 1 aromatic heterocycles. The van der Waals surface area contributed by atoms with Crippen LogP contribution in [0.2, 0.25) is 0 Å². The van der Waals surface area contributed by atoms with Crippen molar-refractivity contribution in [2.24, 2.45) is 10.4 Å². The van der Waals surface area contributed by atoms with Crippen LogP contribution in [0.1, 0.15) is 51.8 Å². The standard InChI is InChI=1S/C16H28N6.HI/c1-3-17-15(18-11-14-20-19-13-21(14)4-2)22-10-9-16(12-22)7-5-6-8-16;/h13H,3-12H2,1-2H3,(H,17,18);1H. The fraction of sp³-hybridized carbons (Fsp3) is 0.812. The number of halogens is 1. The zero-order valence-electron chi connectivity index (χ0n) is 14.3. The molecule has 0 radical (unpaired) electrons. The quantitative estimate of drug-likeness (QED) is 0.452. The molecule has 1 aliphatic heterocycles. The van der Waals surface area contributed by atoms with Gasteiger partial charge in [-0.1, -0.05) is 12.8 Å². The van der Waals surface area contributed by atoms with Crippen LogP contribution in [0.4, 0.5) is 0 Å². The molecule has 0 unspecified atom stereocenters. The molecule has 2 heterocycles. The fourth-order valence-corrected chi connectivity index (χ4v) is 3.89. The van der Waals surface area contributed by atoms with E-state index in [4.69, 9.17) is 4.99 Å². The smallest absolute Gasteiger partial charge is 0.194 e. The summed E-state index contributed by atoms with van der Waals surface area (Å²) >= 11 is 0. The SMILES string of the molecule is CCNC(=NCc1nncn1CC)N1CCC2(CCCC2)C1.I. The van der Waals surface area contributed by atoms with Crippen LogP contribution in [0, 0.1) is 5.41 Å². The zero-order valence-corrected chi connectivity index (χ0v) is 16.6.